The van der Waals surface area contributed by atoms with Crippen LogP contribution in [-0.2, 0) is 4.79 Å². The Labute approximate surface area is 104 Å². The molecule has 17 heavy (non-hydrogen) atoms. The number of fused-ring (bicyclic) bond motifs is 1. The van der Waals surface area contributed by atoms with Gasteiger partial charge in [-0.2, -0.15) is 0 Å². The maximum atomic E-state index is 11.9. The highest BCUT2D eigenvalue weighted by Gasteiger charge is 2.05. The zero-order valence-electron chi connectivity index (χ0n) is 8.51. The van der Waals surface area contributed by atoms with Gasteiger partial charge in [0.05, 0.1) is 10.9 Å². The molecule has 5 heteroatoms. The highest BCUT2D eigenvalue weighted by Crippen LogP contribution is 2.18. The van der Waals surface area contributed by atoms with Crippen molar-refractivity contribution in [2.75, 3.05) is 0 Å². The summed E-state index contributed by atoms with van der Waals surface area (Å²) in [5.74, 6) is -1.11. The fourth-order valence-corrected chi connectivity index (χ4v) is 1.73. The maximum Gasteiger partial charge on any atom is 0.328 e. The van der Waals surface area contributed by atoms with E-state index in [0.717, 1.165) is 10.5 Å². The van der Waals surface area contributed by atoms with Crippen LogP contribution in [0.4, 0.5) is 0 Å². The molecule has 0 bridgehead atoms. The molecule has 0 unspecified atom stereocenters. The molecule has 1 heterocycles. The monoisotopic (exact) mass is 294 g/mol. The van der Waals surface area contributed by atoms with E-state index in [1.807, 2.05) is 0 Å². The molecular formula is C12H7BrO4. The normalized spacial score (nSPS) is 11.1. The number of carboxylic acid groups (broad SMARTS) is 1. The molecule has 0 aliphatic heterocycles. The lowest BCUT2D eigenvalue weighted by molar-refractivity contribution is -0.131. The summed E-state index contributed by atoms with van der Waals surface area (Å²) in [6, 6.07) is 5.04. The van der Waals surface area contributed by atoms with Crippen LogP contribution < -0.4 is 5.43 Å². The fourth-order valence-electron chi connectivity index (χ4n) is 1.39. The number of hydrogen-bond acceptors (Lipinski definition) is 3. The molecule has 0 aliphatic rings. The molecule has 0 amide bonds. The zero-order chi connectivity index (χ0) is 12.4. The van der Waals surface area contributed by atoms with E-state index in [1.165, 1.54) is 12.3 Å². The molecule has 0 saturated carbocycles. The molecule has 2 rings (SSSR count). The average molecular weight is 295 g/mol. The molecule has 1 aromatic heterocycles. The van der Waals surface area contributed by atoms with Gasteiger partial charge >= 0.3 is 5.97 Å². The highest BCUT2D eigenvalue weighted by atomic mass is 79.9. The summed E-state index contributed by atoms with van der Waals surface area (Å²) in [6.45, 7) is 0. The summed E-state index contributed by atoms with van der Waals surface area (Å²) in [6.07, 6.45) is 3.36. The quantitative estimate of drug-likeness (QED) is 0.865. The molecule has 0 aliphatic carbocycles. The Morgan fingerprint density at radius 3 is 2.88 bits per heavy atom. The lowest BCUT2D eigenvalue weighted by Gasteiger charge is -1.98. The minimum Gasteiger partial charge on any atom is -0.478 e. The van der Waals surface area contributed by atoms with Gasteiger partial charge in [0.1, 0.15) is 11.8 Å². The second-order valence-electron chi connectivity index (χ2n) is 3.33. The molecule has 2 aromatic rings. The number of hydrogen-bond donors (Lipinski definition) is 1. The summed E-state index contributed by atoms with van der Waals surface area (Å²) >= 11 is 3.27. The molecule has 0 fully saturated rings. The summed E-state index contributed by atoms with van der Waals surface area (Å²) in [4.78, 5) is 22.3. The third kappa shape index (κ3) is 2.45. The number of aliphatic carboxylic acids is 1. The molecule has 86 valence electrons. The third-order valence-corrected chi connectivity index (χ3v) is 2.66. The average Bonchev–Trinajstić information content (AvgIpc) is 2.27. The smallest absolute Gasteiger partial charge is 0.328 e. The minimum absolute atomic E-state index is 0.210. The Morgan fingerprint density at radius 1 is 1.41 bits per heavy atom. The van der Waals surface area contributed by atoms with Crippen LogP contribution in [0.15, 0.2) is 44.2 Å². The minimum atomic E-state index is -1.11. The first-order chi connectivity index (χ1) is 8.08. The molecule has 4 nitrogen and oxygen atoms in total. The van der Waals surface area contributed by atoms with Crippen LogP contribution in [0.25, 0.3) is 17.0 Å². The first-order valence-electron chi connectivity index (χ1n) is 4.70. The van der Waals surface area contributed by atoms with E-state index in [1.54, 1.807) is 18.2 Å². The van der Waals surface area contributed by atoms with E-state index >= 15 is 0 Å². The predicted octanol–water partition coefficient (Wildman–Crippen LogP) is 2.65. The van der Waals surface area contributed by atoms with Gasteiger partial charge in [-0.25, -0.2) is 4.79 Å². The van der Waals surface area contributed by atoms with Crippen molar-refractivity contribution in [2.45, 2.75) is 0 Å². The first-order valence-corrected chi connectivity index (χ1v) is 5.49. The maximum absolute atomic E-state index is 11.9. The highest BCUT2D eigenvalue weighted by molar-refractivity contribution is 9.10. The SMILES string of the molecule is O=C(O)C=Cc1coc2cc(Br)ccc2c1=O. The van der Waals surface area contributed by atoms with E-state index < -0.39 is 5.97 Å². The van der Waals surface area contributed by atoms with Crippen LogP contribution in [-0.4, -0.2) is 11.1 Å². The standard InChI is InChI=1S/C12H7BrO4/c13-8-2-3-9-10(5-8)17-6-7(12(9)16)1-4-11(14)15/h1-6H,(H,14,15). The van der Waals surface area contributed by atoms with Crippen molar-refractivity contribution in [3.63, 3.8) is 0 Å². The summed E-state index contributed by atoms with van der Waals surface area (Å²) < 4.78 is 6.07. The van der Waals surface area contributed by atoms with Crippen molar-refractivity contribution >= 4 is 38.9 Å². The van der Waals surface area contributed by atoms with Gasteiger partial charge in [-0.3, -0.25) is 4.79 Å². The summed E-state index contributed by atoms with van der Waals surface area (Å²) in [5.41, 5.74) is 0.412. The van der Waals surface area contributed by atoms with Gasteiger partial charge < -0.3 is 9.52 Å². The van der Waals surface area contributed by atoms with Crippen molar-refractivity contribution in [3.05, 3.63) is 50.8 Å². The van der Waals surface area contributed by atoms with Crippen LogP contribution in [0.2, 0.25) is 0 Å². The number of halogens is 1. The Morgan fingerprint density at radius 2 is 2.18 bits per heavy atom. The van der Waals surface area contributed by atoms with Gasteiger partial charge in [0.25, 0.3) is 0 Å². The second kappa shape index (κ2) is 4.55. The van der Waals surface area contributed by atoms with Crippen LogP contribution in [0.5, 0.6) is 0 Å². The van der Waals surface area contributed by atoms with Crippen molar-refractivity contribution in [1.29, 1.82) is 0 Å². The van der Waals surface area contributed by atoms with Crippen LogP contribution in [0.3, 0.4) is 0 Å². The van der Waals surface area contributed by atoms with Gasteiger partial charge in [0.2, 0.25) is 0 Å². The molecule has 0 radical (unpaired) electrons. The van der Waals surface area contributed by atoms with E-state index in [4.69, 9.17) is 9.52 Å². The Hall–Kier alpha value is -1.88. The van der Waals surface area contributed by atoms with Crippen molar-refractivity contribution in [2.24, 2.45) is 0 Å². The van der Waals surface area contributed by atoms with Gasteiger partial charge in [0.15, 0.2) is 5.43 Å². The summed E-state index contributed by atoms with van der Waals surface area (Å²) in [5, 5.41) is 8.91. The van der Waals surface area contributed by atoms with Crippen LogP contribution >= 0.6 is 15.9 Å². The molecular weight excluding hydrogens is 288 g/mol. The lowest BCUT2D eigenvalue weighted by atomic mass is 10.1. The Bertz CT molecular complexity index is 670. The van der Waals surface area contributed by atoms with Crippen molar-refractivity contribution in [1.82, 2.24) is 0 Å². The number of rotatable bonds is 2. The van der Waals surface area contributed by atoms with Crippen molar-refractivity contribution < 1.29 is 14.3 Å². The largest absolute Gasteiger partial charge is 0.478 e. The summed E-state index contributed by atoms with van der Waals surface area (Å²) in [7, 11) is 0. The molecule has 0 atom stereocenters. The van der Waals surface area contributed by atoms with E-state index in [0.29, 0.717) is 11.0 Å². The van der Waals surface area contributed by atoms with Crippen molar-refractivity contribution in [3.8, 4) is 0 Å². The van der Waals surface area contributed by atoms with E-state index in [9.17, 15) is 9.59 Å². The first kappa shape index (κ1) is 11.6. The second-order valence-corrected chi connectivity index (χ2v) is 4.25. The number of carboxylic acids is 1. The third-order valence-electron chi connectivity index (χ3n) is 2.17. The Balaban J connectivity index is 2.62. The molecule has 1 aromatic carbocycles. The number of benzene rings is 1. The van der Waals surface area contributed by atoms with E-state index in [2.05, 4.69) is 15.9 Å². The van der Waals surface area contributed by atoms with Crippen LogP contribution in [0, 0.1) is 0 Å². The zero-order valence-corrected chi connectivity index (χ0v) is 10.1. The molecule has 0 saturated heterocycles. The van der Waals surface area contributed by atoms with E-state index in [-0.39, 0.29) is 11.0 Å². The molecule has 0 spiro atoms. The van der Waals surface area contributed by atoms with Crippen LogP contribution in [0.1, 0.15) is 5.56 Å². The van der Waals surface area contributed by atoms with Gasteiger partial charge in [-0.05, 0) is 24.3 Å². The number of carbonyl (C=O) groups is 1. The van der Waals surface area contributed by atoms with Gasteiger partial charge in [0, 0.05) is 10.5 Å². The fraction of sp³-hybridized carbons (Fsp3) is 0. The lowest BCUT2D eigenvalue weighted by Crippen LogP contribution is -2.04. The van der Waals surface area contributed by atoms with Gasteiger partial charge in [-0.15, -0.1) is 0 Å². The van der Waals surface area contributed by atoms with Gasteiger partial charge in [-0.1, -0.05) is 15.9 Å². The molecule has 1 N–H and O–H groups in total. The topological polar surface area (TPSA) is 67.5 Å². The predicted molar refractivity (Wildman–Crippen MR) is 66.9 cm³/mol. The Kier molecular flexibility index (Phi) is 3.10.